The van der Waals surface area contributed by atoms with Crippen LogP contribution in [0.2, 0.25) is 13.6 Å². The summed E-state index contributed by atoms with van der Waals surface area (Å²) >= 11 is 0. The molecule has 108 valence electrons. The van der Waals surface area contributed by atoms with Crippen molar-refractivity contribution in [2.75, 3.05) is 6.61 Å². The Morgan fingerprint density at radius 1 is 1.35 bits per heavy atom. The molecule has 0 aliphatic carbocycles. The molecule has 2 rings (SSSR count). The summed E-state index contributed by atoms with van der Waals surface area (Å²) in [6.07, 6.45) is 0.662. The van der Waals surface area contributed by atoms with Gasteiger partial charge >= 0.3 is 6.92 Å². The maximum Gasteiger partial charge on any atom is 0.351 e. The lowest BCUT2D eigenvalue weighted by Gasteiger charge is -2.34. The van der Waals surface area contributed by atoms with Crippen molar-refractivity contribution in [3.8, 4) is 0 Å². The van der Waals surface area contributed by atoms with E-state index < -0.39 is 0 Å². The largest absolute Gasteiger partial charge is 0.564 e. The van der Waals surface area contributed by atoms with E-state index in [0.29, 0.717) is 6.61 Å². The van der Waals surface area contributed by atoms with Crippen molar-refractivity contribution < 1.29 is 14.1 Å². The highest BCUT2D eigenvalue weighted by molar-refractivity contribution is 6.48. The predicted octanol–water partition coefficient (Wildman–Crippen LogP) is 3.91. The Bertz CT molecular complexity index is 433. The first-order valence-electron chi connectivity index (χ1n) is 7.25. The van der Waals surface area contributed by atoms with Crippen molar-refractivity contribution in [2.24, 2.45) is 5.92 Å². The van der Waals surface area contributed by atoms with Gasteiger partial charge in [0.05, 0.1) is 18.5 Å². The Morgan fingerprint density at radius 3 is 2.70 bits per heavy atom. The summed E-state index contributed by atoms with van der Waals surface area (Å²) in [5.74, 6) is 0.950. The lowest BCUT2D eigenvalue weighted by atomic mass is 9.75. The molecule has 1 fully saturated rings. The van der Waals surface area contributed by atoms with Crippen LogP contribution in [0.1, 0.15) is 25.2 Å². The van der Waals surface area contributed by atoms with Crippen LogP contribution in [0.5, 0.6) is 0 Å². The van der Waals surface area contributed by atoms with Crippen molar-refractivity contribution >= 4 is 6.92 Å². The SMILES string of the molecule is C=C(OB(C)C)[C@H](C)[C@@H]1CCO[C@H](c2ccccc2)O1. The van der Waals surface area contributed by atoms with Gasteiger partial charge in [0, 0.05) is 11.5 Å². The van der Waals surface area contributed by atoms with Gasteiger partial charge in [0.2, 0.25) is 0 Å². The average Bonchev–Trinajstić information content (AvgIpc) is 2.47. The molecule has 3 nitrogen and oxygen atoms in total. The molecule has 3 atom stereocenters. The molecule has 0 unspecified atom stereocenters. The first kappa shape index (κ1) is 15.1. The lowest BCUT2D eigenvalue weighted by molar-refractivity contribution is -0.226. The van der Waals surface area contributed by atoms with Crippen LogP contribution in [0.3, 0.4) is 0 Å². The molecule has 0 spiro atoms. The quantitative estimate of drug-likeness (QED) is 0.602. The van der Waals surface area contributed by atoms with E-state index in [-0.39, 0.29) is 25.2 Å². The number of rotatable bonds is 5. The molecule has 1 saturated heterocycles. The third kappa shape index (κ3) is 3.87. The van der Waals surface area contributed by atoms with Crippen LogP contribution < -0.4 is 0 Å². The molecule has 0 N–H and O–H groups in total. The van der Waals surface area contributed by atoms with Crippen molar-refractivity contribution in [3.63, 3.8) is 0 Å². The zero-order chi connectivity index (χ0) is 14.5. The van der Waals surface area contributed by atoms with Gasteiger partial charge in [-0.3, -0.25) is 0 Å². The molecule has 4 heteroatoms. The van der Waals surface area contributed by atoms with Gasteiger partial charge in [0.25, 0.3) is 0 Å². The molecule has 20 heavy (non-hydrogen) atoms. The van der Waals surface area contributed by atoms with Crippen LogP contribution in [-0.2, 0) is 14.1 Å². The molecule has 1 aliphatic heterocycles. The highest BCUT2D eigenvalue weighted by Gasteiger charge is 2.30. The fraction of sp³-hybridized carbons (Fsp3) is 0.500. The summed E-state index contributed by atoms with van der Waals surface area (Å²) in [6, 6.07) is 10.0. The summed E-state index contributed by atoms with van der Waals surface area (Å²) in [4.78, 5) is 0. The number of hydrogen-bond donors (Lipinski definition) is 0. The minimum atomic E-state index is -0.288. The maximum atomic E-state index is 6.07. The zero-order valence-electron chi connectivity index (χ0n) is 12.5. The minimum Gasteiger partial charge on any atom is -0.564 e. The van der Waals surface area contributed by atoms with Gasteiger partial charge in [-0.15, -0.1) is 0 Å². The second-order valence-corrected chi connectivity index (χ2v) is 5.50. The van der Waals surface area contributed by atoms with Gasteiger partial charge in [-0.25, -0.2) is 0 Å². The molecule has 1 heterocycles. The van der Waals surface area contributed by atoms with E-state index in [0.717, 1.165) is 17.7 Å². The highest BCUT2D eigenvalue weighted by atomic mass is 16.7. The van der Waals surface area contributed by atoms with Gasteiger partial charge < -0.3 is 14.1 Å². The first-order chi connectivity index (χ1) is 9.58. The second kappa shape index (κ2) is 6.96. The summed E-state index contributed by atoms with van der Waals surface area (Å²) in [7, 11) is 0. The average molecular weight is 274 g/mol. The zero-order valence-corrected chi connectivity index (χ0v) is 12.5. The summed E-state index contributed by atoms with van der Waals surface area (Å²) < 4.78 is 17.5. The maximum absolute atomic E-state index is 6.07. The van der Waals surface area contributed by atoms with E-state index in [1.165, 1.54) is 0 Å². The van der Waals surface area contributed by atoms with Crippen LogP contribution in [0.25, 0.3) is 0 Å². The smallest absolute Gasteiger partial charge is 0.351 e. The molecular weight excluding hydrogens is 251 g/mol. The van der Waals surface area contributed by atoms with Gasteiger partial charge in [-0.05, 0) is 20.1 Å². The number of benzene rings is 1. The normalized spacial score (nSPS) is 23.9. The van der Waals surface area contributed by atoms with E-state index in [4.69, 9.17) is 14.1 Å². The van der Waals surface area contributed by atoms with E-state index in [9.17, 15) is 0 Å². The Hall–Kier alpha value is -1.26. The summed E-state index contributed by atoms with van der Waals surface area (Å²) in [6.45, 7) is 11.0. The Labute approximate surface area is 122 Å². The Balaban J connectivity index is 1.98. The third-order valence-corrected chi connectivity index (χ3v) is 3.49. The highest BCUT2D eigenvalue weighted by Crippen LogP contribution is 2.31. The van der Waals surface area contributed by atoms with E-state index in [2.05, 4.69) is 13.5 Å². The van der Waals surface area contributed by atoms with Crippen molar-refractivity contribution in [2.45, 2.75) is 39.4 Å². The topological polar surface area (TPSA) is 27.7 Å². The molecule has 0 amide bonds. The Morgan fingerprint density at radius 2 is 2.05 bits per heavy atom. The van der Waals surface area contributed by atoms with E-state index >= 15 is 0 Å². The van der Waals surface area contributed by atoms with Crippen LogP contribution in [-0.4, -0.2) is 19.6 Å². The number of hydrogen-bond acceptors (Lipinski definition) is 3. The predicted molar refractivity (Wildman–Crippen MR) is 81.5 cm³/mol. The van der Waals surface area contributed by atoms with Crippen molar-refractivity contribution in [1.29, 1.82) is 0 Å². The van der Waals surface area contributed by atoms with Gasteiger partial charge in [0.1, 0.15) is 0 Å². The minimum absolute atomic E-state index is 0.0835. The second-order valence-electron chi connectivity index (χ2n) is 5.50. The van der Waals surface area contributed by atoms with Gasteiger partial charge in [0.15, 0.2) is 6.29 Å². The molecule has 1 aromatic carbocycles. The monoisotopic (exact) mass is 274 g/mol. The van der Waals surface area contributed by atoms with Gasteiger partial charge in [-0.1, -0.05) is 43.8 Å². The molecule has 1 aromatic rings. The standard InChI is InChI=1S/C16H23BO3/c1-12(13(2)20-17(3)4)15-10-11-18-16(19-15)14-8-6-5-7-9-14/h5-9,12,15-16H,2,10-11H2,1,3-4H3/t12-,15-,16-/m0/s1. The van der Waals surface area contributed by atoms with E-state index in [1.54, 1.807) is 0 Å². The Kier molecular flexibility index (Phi) is 5.27. The fourth-order valence-corrected chi connectivity index (χ4v) is 2.33. The van der Waals surface area contributed by atoms with E-state index in [1.807, 2.05) is 44.0 Å². The van der Waals surface area contributed by atoms with Crippen LogP contribution >= 0.6 is 0 Å². The summed E-state index contributed by atoms with van der Waals surface area (Å²) in [5, 5.41) is 0. The summed E-state index contributed by atoms with van der Waals surface area (Å²) in [5.41, 5.74) is 1.06. The molecule has 0 radical (unpaired) electrons. The van der Waals surface area contributed by atoms with Crippen LogP contribution in [0, 0.1) is 5.92 Å². The molecular formula is C16H23BO3. The van der Waals surface area contributed by atoms with Gasteiger partial charge in [-0.2, -0.15) is 0 Å². The third-order valence-electron chi connectivity index (χ3n) is 3.49. The van der Waals surface area contributed by atoms with Crippen LogP contribution in [0.4, 0.5) is 0 Å². The van der Waals surface area contributed by atoms with Crippen LogP contribution in [0.15, 0.2) is 42.7 Å². The first-order valence-corrected chi connectivity index (χ1v) is 7.25. The van der Waals surface area contributed by atoms with Crippen molar-refractivity contribution in [1.82, 2.24) is 0 Å². The fourth-order valence-electron chi connectivity index (χ4n) is 2.33. The molecule has 1 aliphatic rings. The molecule has 0 saturated carbocycles. The molecule has 0 bridgehead atoms. The van der Waals surface area contributed by atoms with Crippen molar-refractivity contribution in [3.05, 3.63) is 48.2 Å². The molecule has 0 aromatic heterocycles. The number of ether oxygens (including phenoxy) is 2. The lowest BCUT2D eigenvalue weighted by Crippen LogP contribution is -2.33.